The van der Waals surface area contributed by atoms with Gasteiger partial charge in [0.05, 0.1) is 36.8 Å². The van der Waals surface area contributed by atoms with Crippen LogP contribution in [0.1, 0.15) is 16.2 Å². The number of rotatable bonds is 8. The van der Waals surface area contributed by atoms with Crippen LogP contribution in [0.15, 0.2) is 91.0 Å². The van der Waals surface area contributed by atoms with E-state index >= 15 is 0 Å². The number of hydrogen-bond donors (Lipinski definition) is 1. The van der Waals surface area contributed by atoms with Crippen molar-refractivity contribution in [2.75, 3.05) is 13.7 Å². The quantitative estimate of drug-likeness (QED) is 0.352. The molecule has 170 valence electrons. The minimum Gasteiger partial charge on any atom is -0.496 e. The Morgan fingerprint density at radius 3 is 2.53 bits per heavy atom. The fraction of sp³-hybridized carbons (Fsp3) is 0.143. The Morgan fingerprint density at radius 2 is 1.62 bits per heavy atom. The van der Waals surface area contributed by atoms with Crippen molar-refractivity contribution in [3.05, 3.63) is 102 Å². The summed E-state index contributed by atoms with van der Waals surface area (Å²) in [6, 6.07) is 29.4. The normalized spacial score (nSPS) is 11.0. The maximum absolute atomic E-state index is 12.8. The smallest absolute Gasteiger partial charge is 0.255 e. The first-order valence-corrected chi connectivity index (χ1v) is 11.2. The number of nitrogens with one attached hydrogen (secondary N) is 1. The van der Waals surface area contributed by atoms with Gasteiger partial charge in [-0.3, -0.25) is 4.79 Å². The fourth-order valence-electron chi connectivity index (χ4n) is 4.17. The van der Waals surface area contributed by atoms with E-state index in [1.807, 2.05) is 60.7 Å². The summed E-state index contributed by atoms with van der Waals surface area (Å²) < 4.78 is 13.6. The van der Waals surface area contributed by atoms with Crippen molar-refractivity contribution in [1.82, 2.24) is 14.9 Å². The lowest BCUT2D eigenvalue weighted by molar-refractivity contribution is 0.0946. The summed E-state index contributed by atoms with van der Waals surface area (Å²) in [4.78, 5) is 17.6. The zero-order valence-electron chi connectivity index (χ0n) is 18.9. The Labute approximate surface area is 197 Å². The van der Waals surface area contributed by atoms with Gasteiger partial charge in [-0.2, -0.15) is 0 Å². The molecule has 0 saturated carbocycles. The fourth-order valence-corrected chi connectivity index (χ4v) is 4.17. The van der Waals surface area contributed by atoms with E-state index in [0.717, 1.165) is 33.4 Å². The van der Waals surface area contributed by atoms with Crippen LogP contribution in [0, 0.1) is 0 Å². The number of carbonyl (C=O) groups excluding carboxylic acids is 1. The number of carbonyl (C=O) groups is 1. The van der Waals surface area contributed by atoms with E-state index in [4.69, 9.17) is 14.5 Å². The van der Waals surface area contributed by atoms with Crippen molar-refractivity contribution >= 4 is 27.7 Å². The first kappa shape index (κ1) is 21.5. The molecule has 6 heteroatoms. The van der Waals surface area contributed by atoms with E-state index in [-0.39, 0.29) is 5.91 Å². The highest BCUT2D eigenvalue weighted by molar-refractivity contribution is 5.96. The van der Waals surface area contributed by atoms with Crippen LogP contribution in [0.25, 0.3) is 21.8 Å². The number of ether oxygens (including phenoxy) is 2. The number of fused-ring (bicyclic) bond motifs is 2. The summed E-state index contributed by atoms with van der Waals surface area (Å²) in [7, 11) is 1.56. The molecule has 0 aliphatic rings. The number of imidazole rings is 1. The van der Waals surface area contributed by atoms with Gasteiger partial charge in [-0.25, -0.2) is 4.98 Å². The van der Waals surface area contributed by atoms with E-state index in [2.05, 4.69) is 28.1 Å². The molecule has 1 N–H and O–H groups in total. The van der Waals surface area contributed by atoms with Gasteiger partial charge in [-0.15, -0.1) is 0 Å². The number of amides is 1. The van der Waals surface area contributed by atoms with Crippen LogP contribution in [0.4, 0.5) is 0 Å². The molecule has 0 saturated heterocycles. The summed E-state index contributed by atoms with van der Waals surface area (Å²) in [5.41, 5.74) is 2.38. The molecule has 6 nitrogen and oxygen atoms in total. The predicted octanol–water partition coefficient (Wildman–Crippen LogP) is 5.21. The molecule has 1 amide bonds. The summed E-state index contributed by atoms with van der Waals surface area (Å²) in [6.45, 7) is 1.37. The van der Waals surface area contributed by atoms with E-state index in [9.17, 15) is 4.79 Å². The molecule has 0 bridgehead atoms. The Bertz CT molecular complexity index is 1450. The minimum atomic E-state index is -0.205. The minimum absolute atomic E-state index is 0.205. The number of para-hydroxylation sites is 3. The van der Waals surface area contributed by atoms with Crippen molar-refractivity contribution in [2.45, 2.75) is 13.1 Å². The maximum atomic E-state index is 12.8. The van der Waals surface area contributed by atoms with Gasteiger partial charge in [-0.1, -0.05) is 60.7 Å². The lowest BCUT2D eigenvalue weighted by atomic mass is 10.1. The zero-order valence-corrected chi connectivity index (χ0v) is 18.9. The summed E-state index contributed by atoms with van der Waals surface area (Å²) in [5, 5.41) is 5.21. The van der Waals surface area contributed by atoms with Gasteiger partial charge in [0.25, 0.3) is 5.91 Å². The third kappa shape index (κ3) is 4.30. The van der Waals surface area contributed by atoms with Crippen LogP contribution in [-0.4, -0.2) is 29.2 Å². The molecule has 5 aromatic rings. The number of hydrogen-bond acceptors (Lipinski definition) is 4. The lowest BCUT2D eigenvalue weighted by Gasteiger charge is -2.13. The molecular weight excluding hydrogens is 426 g/mol. The largest absolute Gasteiger partial charge is 0.496 e. The Balaban J connectivity index is 1.34. The molecule has 0 aliphatic carbocycles. The highest BCUT2D eigenvalue weighted by Gasteiger charge is 2.15. The Morgan fingerprint density at radius 1 is 0.882 bits per heavy atom. The van der Waals surface area contributed by atoms with Gasteiger partial charge >= 0.3 is 0 Å². The molecule has 4 aromatic carbocycles. The first-order valence-electron chi connectivity index (χ1n) is 11.2. The van der Waals surface area contributed by atoms with Crippen molar-refractivity contribution in [3.8, 4) is 11.5 Å². The van der Waals surface area contributed by atoms with E-state index in [1.54, 1.807) is 19.2 Å². The predicted molar refractivity (Wildman–Crippen MR) is 133 cm³/mol. The number of methoxy groups -OCH3 is 1. The molecule has 1 heterocycles. The Hall–Kier alpha value is -4.32. The second-order valence-corrected chi connectivity index (χ2v) is 7.88. The summed E-state index contributed by atoms with van der Waals surface area (Å²) in [5.74, 6) is 1.96. The third-order valence-corrected chi connectivity index (χ3v) is 5.81. The zero-order chi connectivity index (χ0) is 23.3. The van der Waals surface area contributed by atoms with Gasteiger partial charge in [0, 0.05) is 5.39 Å². The van der Waals surface area contributed by atoms with Crippen molar-refractivity contribution < 1.29 is 14.3 Å². The van der Waals surface area contributed by atoms with Gasteiger partial charge in [-0.05, 0) is 35.7 Å². The van der Waals surface area contributed by atoms with Crippen LogP contribution >= 0.6 is 0 Å². The molecule has 5 rings (SSSR count). The molecule has 0 aliphatic heterocycles. The molecule has 34 heavy (non-hydrogen) atoms. The van der Waals surface area contributed by atoms with Crippen molar-refractivity contribution in [1.29, 1.82) is 0 Å². The molecule has 1 aromatic heterocycles. The third-order valence-electron chi connectivity index (χ3n) is 5.81. The topological polar surface area (TPSA) is 65.4 Å². The van der Waals surface area contributed by atoms with Gasteiger partial charge in [0.15, 0.2) is 0 Å². The van der Waals surface area contributed by atoms with E-state index in [0.29, 0.717) is 31.0 Å². The van der Waals surface area contributed by atoms with Crippen molar-refractivity contribution in [2.24, 2.45) is 0 Å². The average Bonchev–Trinajstić information content (AvgIpc) is 3.24. The summed E-state index contributed by atoms with van der Waals surface area (Å²) in [6.07, 6.45) is 0. The second-order valence-electron chi connectivity index (χ2n) is 7.88. The number of benzene rings is 4. The molecular formula is C28H25N3O3. The number of nitrogens with zero attached hydrogens (tertiary/aromatic N) is 2. The number of aromatic nitrogens is 2. The first-order chi connectivity index (χ1) is 16.7. The SMILES string of the molecule is COc1ccccc1C(=O)NCc1nc2ccccc2n1CCOc1cccc2ccccc12. The van der Waals surface area contributed by atoms with Crippen LogP contribution in [0.3, 0.4) is 0 Å². The Kier molecular flexibility index (Phi) is 6.12. The van der Waals surface area contributed by atoms with Gasteiger partial charge in [0.2, 0.25) is 0 Å². The van der Waals surface area contributed by atoms with Crippen LogP contribution in [0.2, 0.25) is 0 Å². The van der Waals surface area contributed by atoms with Gasteiger partial charge < -0.3 is 19.4 Å². The monoisotopic (exact) mass is 451 g/mol. The average molecular weight is 452 g/mol. The lowest BCUT2D eigenvalue weighted by Crippen LogP contribution is -2.25. The summed E-state index contributed by atoms with van der Waals surface area (Å²) >= 11 is 0. The molecule has 0 fully saturated rings. The molecule has 0 spiro atoms. The van der Waals surface area contributed by atoms with E-state index in [1.165, 1.54) is 0 Å². The second kappa shape index (κ2) is 9.67. The van der Waals surface area contributed by atoms with Crippen LogP contribution in [0.5, 0.6) is 11.5 Å². The van der Waals surface area contributed by atoms with Crippen LogP contribution < -0.4 is 14.8 Å². The molecule has 0 unspecified atom stereocenters. The molecule has 0 radical (unpaired) electrons. The van der Waals surface area contributed by atoms with Crippen LogP contribution in [-0.2, 0) is 13.1 Å². The van der Waals surface area contributed by atoms with Crippen molar-refractivity contribution in [3.63, 3.8) is 0 Å². The highest BCUT2D eigenvalue weighted by atomic mass is 16.5. The maximum Gasteiger partial charge on any atom is 0.255 e. The highest BCUT2D eigenvalue weighted by Crippen LogP contribution is 2.25. The van der Waals surface area contributed by atoms with E-state index < -0.39 is 0 Å². The standard InChI is InChI=1S/C28H25N3O3/c1-33-25-15-7-4-12-22(25)28(32)29-19-27-30-23-13-5-6-14-24(23)31(27)17-18-34-26-16-8-10-20-9-2-3-11-21(20)26/h2-16H,17-19H2,1H3,(H,29,32). The molecule has 0 atom stereocenters. The van der Waals surface area contributed by atoms with Gasteiger partial charge in [0.1, 0.15) is 23.9 Å².